The quantitative estimate of drug-likeness (QED) is 0.540. The SMILES string of the molecule is CCc1ccc(/C=C(/C#N)c2nc(-c3ccc(C)c(C)c3)cs2)cc1. The molecule has 3 rings (SSSR count). The predicted octanol–water partition coefficient (Wildman–Crippen LogP) is 6.05. The first-order valence-electron chi connectivity index (χ1n) is 8.35. The lowest BCUT2D eigenvalue weighted by atomic mass is 10.0. The minimum Gasteiger partial charge on any atom is -0.235 e. The zero-order valence-corrected chi connectivity index (χ0v) is 15.5. The third-order valence-corrected chi connectivity index (χ3v) is 5.23. The van der Waals surface area contributed by atoms with Crippen LogP contribution in [0.3, 0.4) is 0 Å². The second kappa shape index (κ2) is 7.46. The van der Waals surface area contributed by atoms with Gasteiger partial charge in [-0.1, -0.05) is 43.3 Å². The summed E-state index contributed by atoms with van der Waals surface area (Å²) < 4.78 is 0. The Bertz CT molecular complexity index is 956. The van der Waals surface area contributed by atoms with Crippen molar-refractivity contribution >= 4 is 23.0 Å². The van der Waals surface area contributed by atoms with Crippen molar-refractivity contribution in [3.05, 3.63) is 75.1 Å². The molecule has 1 heterocycles. The zero-order valence-electron chi connectivity index (χ0n) is 14.7. The first kappa shape index (κ1) is 17.1. The predicted molar refractivity (Wildman–Crippen MR) is 106 cm³/mol. The molecule has 3 heteroatoms. The van der Waals surface area contributed by atoms with Crippen LogP contribution < -0.4 is 0 Å². The molecule has 0 aliphatic carbocycles. The van der Waals surface area contributed by atoms with Gasteiger partial charge in [0.15, 0.2) is 0 Å². The minimum atomic E-state index is 0.601. The number of rotatable bonds is 4. The Morgan fingerprint density at radius 1 is 1.12 bits per heavy atom. The van der Waals surface area contributed by atoms with E-state index in [1.165, 1.54) is 28.0 Å². The molecule has 0 bridgehead atoms. The molecule has 0 aliphatic heterocycles. The second-order valence-electron chi connectivity index (χ2n) is 6.10. The number of hydrogen-bond donors (Lipinski definition) is 0. The zero-order chi connectivity index (χ0) is 17.8. The molecule has 2 aromatic carbocycles. The molecule has 0 spiro atoms. The van der Waals surface area contributed by atoms with E-state index in [-0.39, 0.29) is 0 Å². The van der Waals surface area contributed by atoms with Gasteiger partial charge in [0.2, 0.25) is 0 Å². The van der Waals surface area contributed by atoms with Crippen molar-refractivity contribution in [1.29, 1.82) is 5.26 Å². The fourth-order valence-corrected chi connectivity index (χ4v) is 3.38. The lowest BCUT2D eigenvalue weighted by Gasteiger charge is -2.02. The van der Waals surface area contributed by atoms with E-state index in [9.17, 15) is 5.26 Å². The highest BCUT2D eigenvalue weighted by atomic mass is 32.1. The van der Waals surface area contributed by atoms with Crippen molar-refractivity contribution in [1.82, 2.24) is 4.98 Å². The van der Waals surface area contributed by atoms with Crippen molar-refractivity contribution in [2.24, 2.45) is 0 Å². The summed E-state index contributed by atoms with van der Waals surface area (Å²) in [5, 5.41) is 12.3. The Kier molecular flexibility index (Phi) is 5.11. The van der Waals surface area contributed by atoms with E-state index < -0.39 is 0 Å². The topological polar surface area (TPSA) is 36.7 Å². The monoisotopic (exact) mass is 344 g/mol. The van der Waals surface area contributed by atoms with Crippen molar-refractivity contribution in [3.8, 4) is 17.3 Å². The summed E-state index contributed by atoms with van der Waals surface area (Å²) in [5.41, 5.74) is 7.45. The molecule has 25 heavy (non-hydrogen) atoms. The number of thiazole rings is 1. The summed E-state index contributed by atoms with van der Waals surface area (Å²) >= 11 is 1.51. The van der Waals surface area contributed by atoms with E-state index in [1.807, 2.05) is 23.6 Å². The van der Waals surface area contributed by atoms with E-state index in [0.717, 1.165) is 28.2 Å². The van der Waals surface area contributed by atoms with E-state index in [4.69, 9.17) is 0 Å². The van der Waals surface area contributed by atoms with Gasteiger partial charge in [0, 0.05) is 10.9 Å². The number of aromatic nitrogens is 1. The second-order valence-corrected chi connectivity index (χ2v) is 6.96. The van der Waals surface area contributed by atoms with Crippen LogP contribution in [0.15, 0.2) is 47.8 Å². The molecule has 2 nitrogen and oxygen atoms in total. The fraction of sp³-hybridized carbons (Fsp3) is 0.182. The van der Waals surface area contributed by atoms with Crippen LogP contribution in [-0.4, -0.2) is 4.98 Å². The van der Waals surface area contributed by atoms with Gasteiger partial charge in [-0.2, -0.15) is 5.26 Å². The van der Waals surface area contributed by atoms with Crippen LogP contribution in [0.2, 0.25) is 0 Å². The molecule has 0 amide bonds. The number of aryl methyl sites for hydroxylation is 3. The number of nitriles is 1. The van der Waals surface area contributed by atoms with Crippen LogP contribution in [0.4, 0.5) is 0 Å². The average molecular weight is 344 g/mol. The van der Waals surface area contributed by atoms with Crippen LogP contribution in [-0.2, 0) is 6.42 Å². The molecule has 0 unspecified atom stereocenters. The van der Waals surface area contributed by atoms with Gasteiger partial charge in [0.1, 0.15) is 11.1 Å². The molecule has 0 atom stereocenters. The lowest BCUT2D eigenvalue weighted by molar-refractivity contribution is 1.14. The molecule has 0 saturated heterocycles. The molecular formula is C22H20N2S. The van der Waals surface area contributed by atoms with E-state index in [0.29, 0.717) is 5.57 Å². The first-order valence-corrected chi connectivity index (χ1v) is 9.23. The van der Waals surface area contributed by atoms with Gasteiger partial charge in [0.05, 0.1) is 11.3 Å². The van der Waals surface area contributed by atoms with Gasteiger partial charge in [0.25, 0.3) is 0 Å². The van der Waals surface area contributed by atoms with Crippen molar-refractivity contribution in [2.45, 2.75) is 27.2 Å². The third kappa shape index (κ3) is 3.87. The van der Waals surface area contributed by atoms with Crippen LogP contribution >= 0.6 is 11.3 Å². The Labute approximate surface area is 153 Å². The Balaban J connectivity index is 1.91. The highest BCUT2D eigenvalue weighted by Crippen LogP contribution is 2.28. The maximum Gasteiger partial charge on any atom is 0.134 e. The van der Waals surface area contributed by atoms with Crippen LogP contribution in [0.1, 0.15) is 34.2 Å². The smallest absolute Gasteiger partial charge is 0.134 e. The average Bonchev–Trinajstić information content (AvgIpc) is 3.12. The van der Waals surface area contributed by atoms with Gasteiger partial charge in [-0.05, 0) is 54.7 Å². The standard InChI is InChI=1S/C22H20N2S/c1-4-17-6-8-18(9-7-17)12-20(13-23)22-24-21(14-25-22)19-10-5-15(2)16(3)11-19/h5-12,14H,4H2,1-3H3/b20-12-. The Morgan fingerprint density at radius 3 is 2.52 bits per heavy atom. The maximum absolute atomic E-state index is 9.55. The summed E-state index contributed by atoms with van der Waals surface area (Å²) in [6.07, 6.45) is 2.92. The first-order chi connectivity index (χ1) is 12.1. The van der Waals surface area contributed by atoms with Gasteiger partial charge in [-0.15, -0.1) is 11.3 Å². The van der Waals surface area contributed by atoms with E-state index >= 15 is 0 Å². The number of benzene rings is 2. The van der Waals surface area contributed by atoms with Gasteiger partial charge in [-0.25, -0.2) is 4.98 Å². The number of nitrogens with zero attached hydrogens (tertiary/aromatic N) is 2. The third-order valence-electron chi connectivity index (χ3n) is 4.36. The van der Waals surface area contributed by atoms with Crippen molar-refractivity contribution < 1.29 is 0 Å². The number of allylic oxidation sites excluding steroid dienone is 1. The summed E-state index contributed by atoms with van der Waals surface area (Å²) in [4.78, 5) is 4.68. The Hall–Kier alpha value is -2.70. The minimum absolute atomic E-state index is 0.601. The van der Waals surface area contributed by atoms with Crippen LogP contribution in [0.5, 0.6) is 0 Å². The largest absolute Gasteiger partial charge is 0.235 e. The maximum atomic E-state index is 9.55. The lowest BCUT2D eigenvalue weighted by Crippen LogP contribution is -1.86. The molecule has 0 fully saturated rings. The molecule has 0 aliphatic rings. The summed E-state index contributed by atoms with van der Waals surface area (Å²) in [7, 11) is 0. The fourth-order valence-electron chi connectivity index (χ4n) is 2.59. The molecule has 0 saturated carbocycles. The van der Waals surface area contributed by atoms with Crippen molar-refractivity contribution in [3.63, 3.8) is 0 Å². The van der Waals surface area contributed by atoms with Gasteiger partial charge < -0.3 is 0 Å². The Morgan fingerprint density at radius 2 is 1.88 bits per heavy atom. The molecule has 0 N–H and O–H groups in total. The normalized spacial score (nSPS) is 11.4. The summed E-state index contributed by atoms with van der Waals surface area (Å²) in [5.74, 6) is 0. The van der Waals surface area contributed by atoms with Crippen LogP contribution in [0.25, 0.3) is 22.9 Å². The van der Waals surface area contributed by atoms with E-state index in [2.05, 4.69) is 62.2 Å². The molecule has 124 valence electrons. The van der Waals surface area contributed by atoms with Crippen LogP contribution in [0, 0.1) is 25.2 Å². The van der Waals surface area contributed by atoms with Crippen molar-refractivity contribution in [2.75, 3.05) is 0 Å². The van der Waals surface area contributed by atoms with Gasteiger partial charge in [-0.3, -0.25) is 0 Å². The molecular weight excluding hydrogens is 324 g/mol. The molecule has 0 radical (unpaired) electrons. The number of hydrogen-bond acceptors (Lipinski definition) is 3. The van der Waals surface area contributed by atoms with E-state index in [1.54, 1.807) is 0 Å². The summed E-state index contributed by atoms with van der Waals surface area (Å²) in [6.45, 7) is 6.34. The highest BCUT2D eigenvalue weighted by Gasteiger charge is 2.10. The summed E-state index contributed by atoms with van der Waals surface area (Å²) in [6, 6.07) is 16.9. The molecule has 1 aromatic heterocycles. The van der Waals surface area contributed by atoms with Gasteiger partial charge >= 0.3 is 0 Å². The highest BCUT2D eigenvalue weighted by molar-refractivity contribution is 7.11. The molecule has 3 aromatic rings.